The Morgan fingerprint density at radius 2 is 1.44 bits per heavy atom. The Hall–Kier alpha value is -1.66. The van der Waals surface area contributed by atoms with Crippen LogP contribution in [-0.2, 0) is 0 Å². The van der Waals surface area contributed by atoms with Crippen molar-refractivity contribution < 1.29 is 14.6 Å². The third-order valence-corrected chi connectivity index (χ3v) is 3.00. The third-order valence-electron chi connectivity index (χ3n) is 3.00. The monoisotopic (exact) mass is 248 g/mol. The van der Waals surface area contributed by atoms with Crippen LogP contribution in [0.25, 0.3) is 0 Å². The molecule has 1 atom stereocenters. The highest BCUT2D eigenvalue weighted by Gasteiger charge is 2.17. The second-order valence-electron chi connectivity index (χ2n) is 4.26. The van der Waals surface area contributed by atoms with E-state index >= 15 is 0 Å². The molecule has 1 rings (SSSR count). The Bertz CT molecular complexity index is 505. The van der Waals surface area contributed by atoms with Crippen LogP contribution in [0.3, 0.4) is 0 Å². The van der Waals surface area contributed by atoms with Crippen LogP contribution in [0.15, 0.2) is 0 Å². The zero-order valence-electron chi connectivity index (χ0n) is 11.8. The van der Waals surface area contributed by atoms with Crippen LogP contribution in [0.5, 0.6) is 11.5 Å². The van der Waals surface area contributed by atoms with Gasteiger partial charge in [0, 0.05) is 5.56 Å². The van der Waals surface area contributed by atoms with E-state index in [0.29, 0.717) is 0 Å². The number of aliphatic hydroxyl groups excluding tert-OH is 1. The highest BCUT2D eigenvalue weighted by Crippen LogP contribution is 2.36. The van der Waals surface area contributed by atoms with Gasteiger partial charge in [0.25, 0.3) is 0 Å². The first kappa shape index (κ1) is 14.4. The zero-order chi connectivity index (χ0) is 13.9. The molecule has 0 aliphatic rings. The second kappa shape index (κ2) is 5.79. The first-order valence-electron chi connectivity index (χ1n) is 5.85. The lowest BCUT2D eigenvalue weighted by molar-refractivity contribution is 0.253. The summed E-state index contributed by atoms with van der Waals surface area (Å²) in [5.74, 6) is 7.29. The summed E-state index contributed by atoms with van der Waals surface area (Å²) < 4.78 is 10.8. The number of hydrogen-bond donors (Lipinski definition) is 1. The number of hydrogen-bond acceptors (Lipinski definition) is 3. The van der Waals surface area contributed by atoms with Crippen LogP contribution >= 0.6 is 0 Å². The second-order valence-corrected chi connectivity index (χ2v) is 4.26. The zero-order valence-corrected chi connectivity index (χ0v) is 11.8. The summed E-state index contributed by atoms with van der Waals surface area (Å²) in [7, 11) is 3.27. The summed E-state index contributed by atoms with van der Waals surface area (Å²) in [5, 5.41) is 9.27. The minimum absolute atomic E-state index is 0.665. The molecule has 1 aromatic carbocycles. The van der Waals surface area contributed by atoms with Crippen LogP contribution in [0.1, 0.15) is 29.2 Å². The van der Waals surface area contributed by atoms with E-state index < -0.39 is 6.10 Å². The Labute approximate surface area is 109 Å². The molecule has 3 heteroatoms. The van der Waals surface area contributed by atoms with E-state index in [1.54, 1.807) is 21.1 Å². The molecule has 0 fully saturated rings. The van der Waals surface area contributed by atoms with Crippen molar-refractivity contribution in [1.29, 1.82) is 0 Å². The van der Waals surface area contributed by atoms with Gasteiger partial charge in [0.1, 0.15) is 17.6 Å². The molecule has 0 aliphatic carbocycles. The molecule has 0 radical (unpaired) electrons. The van der Waals surface area contributed by atoms with E-state index in [9.17, 15) is 5.11 Å². The first-order chi connectivity index (χ1) is 8.43. The largest absolute Gasteiger partial charge is 0.496 e. The van der Waals surface area contributed by atoms with Crippen LogP contribution in [0, 0.1) is 32.6 Å². The van der Waals surface area contributed by atoms with Gasteiger partial charge in [-0.05, 0) is 38.8 Å². The molecule has 0 aromatic heterocycles. The number of benzene rings is 1. The van der Waals surface area contributed by atoms with Gasteiger partial charge >= 0.3 is 0 Å². The number of aliphatic hydroxyl groups is 1. The summed E-state index contributed by atoms with van der Waals surface area (Å²) >= 11 is 0. The minimum atomic E-state index is -0.665. The van der Waals surface area contributed by atoms with E-state index in [-0.39, 0.29) is 0 Å². The van der Waals surface area contributed by atoms with Crippen molar-refractivity contribution >= 4 is 0 Å². The van der Waals surface area contributed by atoms with Crippen molar-refractivity contribution in [3.05, 3.63) is 22.3 Å². The lowest BCUT2D eigenvalue weighted by Crippen LogP contribution is -2.02. The molecule has 0 amide bonds. The van der Waals surface area contributed by atoms with Crippen LogP contribution in [0.4, 0.5) is 0 Å². The predicted octanol–water partition coefficient (Wildman–Crippen LogP) is 2.36. The summed E-state index contributed by atoms with van der Waals surface area (Å²) in [6.07, 6.45) is -0.665. The normalized spacial score (nSPS) is 11.5. The van der Waals surface area contributed by atoms with Gasteiger partial charge in [-0.1, -0.05) is 11.8 Å². The van der Waals surface area contributed by atoms with Gasteiger partial charge in [0.2, 0.25) is 0 Å². The van der Waals surface area contributed by atoms with E-state index in [2.05, 4.69) is 11.8 Å². The van der Waals surface area contributed by atoms with Crippen molar-refractivity contribution in [2.24, 2.45) is 0 Å². The van der Waals surface area contributed by atoms with Crippen LogP contribution in [-0.4, -0.2) is 25.4 Å². The van der Waals surface area contributed by atoms with Crippen molar-refractivity contribution in [3.63, 3.8) is 0 Å². The maximum atomic E-state index is 9.27. The molecular formula is C15H20O3. The van der Waals surface area contributed by atoms with Crippen LogP contribution in [0.2, 0.25) is 0 Å². The standard InChI is InChI=1S/C15H20O3/c1-9(16)7-8-13-12(4)14(17-5)10(2)11(3)15(13)18-6/h9,16H,1-6H3. The smallest absolute Gasteiger partial charge is 0.138 e. The van der Waals surface area contributed by atoms with Gasteiger partial charge in [-0.15, -0.1) is 0 Å². The summed E-state index contributed by atoms with van der Waals surface area (Å²) in [4.78, 5) is 0. The van der Waals surface area contributed by atoms with Crippen molar-refractivity contribution in [2.75, 3.05) is 14.2 Å². The fourth-order valence-corrected chi connectivity index (χ4v) is 1.98. The van der Waals surface area contributed by atoms with E-state index in [0.717, 1.165) is 33.8 Å². The summed E-state index contributed by atoms with van der Waals surface area (Å²) in [5.41, 5.74) is 3.77. The molecule has 0 aliphatic heterocycles. The Balaban J connectivity index is 3.59. The molecule has 18 heavy (non-hydrogen) atoms. The number of ether oxygens (including phenoxy) is 2. The number of rotatable bonds is 2. The van der Waals surface area contributed by atoms with Crippen molar-refractivity contribution in [2.45, 2.75) is 33.8 Å². The number of methoxy groups -OCH3 is 2. The molecule has 3 nitrogen and oxygen atoms in total. The summed E-state index contributed by atoms with van der Waals surface area (Å²) in [6.45, 7) is 7.55. The Morgan fingerprint density at radius 3 is 1.89 bits per heavy atom. The molecule has 1 aromatic rings. The average Bonchev–Trinajstić information content (AvgIpc) is 2.32. The van der Waals surface area contributed by atoms with E-state index in [1.165, 1.54) is 0 Å². The molecule has 0 bridgehead atoms. The molecule has 0 saturated carbocycles. The highest BCUT2D eigenvalue weighted by molar-refractivity contribution is 5.63. The predicted molar refractivity (Wildman–Crippen MR) is 72.3 cm³/mol. The third kappa shape index (κ3) is 2.60. The van der Waals surface area contributed by atoms with Gasteiger partial charge in [-0.3, -0.25) is 0 Å². The molecule has 1 N–H and O–H groups in total. The van der Waals surface area contributed by atoms with E-state index in [1.807, 2.05) is 20.8 Å². The van der Waals surface area contributed by atoms with Gasteiger partial charge in [0.05, 0.1) is 19.8 Å². The van der Waals surface area contributed by atoms with Gasteiger partial charge in [-0.2, -0.15) is 0 Å². The molecular weight excluding hydrogens is 228 g/mol. The lowest BCUT2D eigenvalue weighted by Gasteiger charge is -2.17. The minimum Gasteiger partial charge on any atom is -0.496 e. The average molecular weight is 248 g/mol. The SMILES string of the molecule is COc1c(C)c(C)c(OC)c(C#CC(C)O)c1C. The lowest BCUT2D eigenvalue weighted by atomic mass is 9.97. The van der Waals surface area contributed by atoms with Gasteiger partial charge < -0.3 is 14.6 Å². The Kier molecular flexibility index (Phi) is 4.63. The molecule has 0 heterocycles. The van der Waals surface area contributed by atoms with Crippen molar-refractivity contribution in [3.8, 4) is 23.3 Å². The molecule has 0 saturated heterocycles. The molecule has 1 unspecified atom stereocenters. The quantitative estimate of drug-likeness (QED) is 0.817. The van der Waals surface area contributed by atoms with Gasteiger partial charge in [0.15, 0.2) is 0 Å². The van der Waals surface area contributed by atoms with E-state index in [4.69, 9.17) is 9.47 Å². The Morgan fingerprint density at radius 1 is 0.944 bits per heavy atom. The molecule has 98 valence electrons. The van der Waals surface area contributed by atoms with Crippen LogP contribution < -0.4 is 9.47 Å². The van der Waals surface area contributed by atoms with Gasteiger partial charge in [-0.25, -0.2) is 0 Å². The first-order valence-corrected chi connectivity index (χ1v) is 5.85. The highest BCUT2D eigenvalue weighted by atomic mass is 16.5. The fourth-order valence-electron chi connectivity index (χ4n) is 1.98. The summed E-state index contributed by atoms with van der Waals surface area (Å²) in [6, 6.07) is 0. The van der Waals surface area contributed by atoms with Crippen molar-refractivity contribution in [1.82, 2.24) is 0 Å². The maximum Gasteiger partial charge on any atom is 0.138 e. The maximum absolute atomic E-state index is 9.27. The molecule has 0 spiro atoms. The topological polar surface area (TPSA) is 38.7 Å². The fraction of sp³-hybridized carbons (Fsp3) is 0.467.